The number of carbonyl (C=O) groups excluding carboxylic acids is 5. The van der Waals surface area contributed by atoms with Crippen LogP contribution in [0.15, 0.2) is 119 Å². The van der Waals surface area contributed by atoms with Gasteiger partial charge in [0.1, 0.15) is 38.3 Å². The Hall–Kier alpha value is -5.04. The van der Waals surface area contributed by atoms with Crippen LogP contribution in [-0.4, -0.2) is 98.5 Å². The Bertz CT molecular complexity index is 2040. The first-order valence-corrected chi connectivity index (χ1v) is 24.7. The van der Waals surface area contributed by atoms with Crippen molar-refractivity contribution >= 4 is 78.0 Å². The second-order valence-corrected chi connectivity index (χ2v) is 19.3. The van der Waals surface area contributed by atoms with E-state index in [4.69, 9.17) is 49.1 Å². The molecule has 0 spiro atoms. The summed E-state index contributed by atoms with van der Waals surface area (Å²) < 4.78 is 45.0. The van der Waals surface area contributed by atoms with Crippen molar-refractivity contribution in [2.75, 3.05) is 43.3 Å². The number of anilines is 1. The number of hydrogen-bond donors (Lipinski definition) is 3. The standard InChI is InChI=1S/C44H54N3O13PS3/c1-29(2)40(48)53-23-25-55-42(50)46-33-17-19-34(20-18-33)59-61(62,60-39-22-21-38(39)47-43(51)56-26-24-54-41(49)30(3)4)58-32(6)31(5)45-44(52)57-35(27-63-36-13-9-7-10-14-36)28-64-37-15-11-8-12-16-37/h7-20,31-32,35,38-39H,1,3,21-28H2,2,4-6H3,(H,45,52)(H,46,50)(H,47,51)/t31?,32-,38+,39?,61?/m0/s1. The van der Waals surface area contributed by atoms with Gasteiger partial charge in [-0.3, -0.25) is 14.4 Å². The number of esters is 2. The summed E-state index contributed by atoms with van der Waals surface area (Å²) in [4.78, 5) is 63.6. The maximum Gasteiger partial charge on any atom is 0.411 e. The number of ether oxygens (including phenoxy) is 5. The first kappa shape index (κ1) is 51.6. The molecule has 346 valence electrons. The summed E-state index contributed by atoms with van der Waals surface area (Å²) in [5.74, 6) is 0.0976. The van der Waals surface area contributed by atoms with Crippen molar-refractivity contribution in [3.05, 3.63) is 109 Å². The molecule has 0 radical (unpaired) electrons. The van der Waals surface area contributed by atoms with Crippen LogP contribution in [0.25, 0.3) is 0 Å². The van der Waals surface area contributed by atoms with E-state index in [9.17, 15) is 24.0 Å². The second kappa shape index (κ2) is 26.7. The molecule has 3 aromatic rings. The van der Waals surface area contributed by atoms with E-state index >= 15 is 0 Å². The van der Waals surface area contributed by atoms with Gasteiger partial charge < -0.3 is 38.8 Å². The molecular weight excluding hydrogens is 906 g/mol. The van der Waals surface area contributed by atoms with Crippen LogP contribution in [0.3, 0.4) is 0 Å². The van der Waals surface area contributed by atoms with Gasteiger partial charge in [-0.1, -0.05) is 49.6 Å². The SMILES string of the molecule is C=C(C)C(=O)OCCOC(=O)Nc1ccc(OP(=S)(OC2CC[C@H]2NC(=O)OCCOC(=O)C(=C)C)O[C@@H](C)C(C)NC(=O)OC(CSc2ccccc2)CSc2ccccc2)cc1. The minimum absolute atomic E-state index is 0.141. The normalized spacial score (nSPS) is 16.0. The predicted octanol–water partition coefficient (Wildman–Crippen LogP) is 8.82. The van der Waals surface area contributed by atoms with Gasteiger partial charge >= 0.3 is 36.9 Å². The zero-order valence-electron chi connectivity index (χ0n) is 36.0. The number of thioether (sulfide) groups is 2. The lowest BCUT2D eigenvalue weighted by atomic mass is 9.89. The Labute approximate surface area is 387 Å². The van der Waals surface area contributed by atoms with Crippen LogP contribution >= 0.6 is 30.2 Å². The summed E-state index contributed by atoms with van der Waals surface area (Å²) in [6, 6.07) is 24.7. The highest BCUT2D eigenvalue weighted by Crippen LogP contribution is 2.54. The summed E-state index contributed by atoms with van der Waals surface area (Å²) >= 11 is 9.14. The van der Waals surface area contributed by atoms with E-state index in [1.54, 1.807) is 49.5 Å². The summed E-state index contributed by atoms with van der Waals surface area (Å²) in [7, 11) is 0. The molecule has 4 rings (SSSR count). The van der Waals surface area contributed by atoms with Gasteiger partial charge in [0.2, 0.25) is 0 Å². The number of nitrogens with one attached hydrogen (secondary N) is 3. The van der Waals surface area contributed by atoms with Crippen molar-refractivity contribution in [1.82, 2.24) is 10.6 Å². The highest BCUT2D eigenvalue weighted by molar-refractivity contribution is 8.07. The largest absolute Gasteiger partial charge is 0.459 e. The maximum atomic E-state index is 13.4. The quantitative estimate of drug-likeness (QED) is 0.0182. The Morgan fingerprint density at radius 1 is 0.719 bits per heavy atom. The van der Waals surface area contributed by atoms with Gasteiger partial charge in [-0.05, 0) is 89.1 Å². The Balaban J connectivity index is 1.39. The van der Waals surface area contributed by atoms with Crippen LogP contribution in [0.5, 0.6) is 5.75 Å². The average Bonchev–Trinajstić information content (AvgIpc) is 3.26. The van der Waals surface area contributed by atoms with Crippen LogP contribution in [0.2, 0.25) is 0 Å². The number of benzene rings is 3. The Kier molecular flexibility index (Phi) is 21.5. The molecule has 16 nitrogen and oxygen atoms in total. The molecule has 3 aromatic carbocycles. The third-order valence-electron chi connectivity index (χ3n) is 8.87. The minimum atomic E-state index is -3.72. The van der Waals surface area contributed by atoms with E-state index in [0.29, 0.717) is 30.0 Å². The van der Waals surface area contributed by atoms with E-state index in [0.717, 1.165) is 9.79 Å². The molecule has 20 heteroatoms. The molecule has 3 amide bonds. The summed E-state index contributed by atoms with van der Waals surface area (Å²) in [5, 5.41) is 8.17. The first-order chi connectivity index (χ1) is 30.6. The molecule has 64 heavy (non-hydrogen) atoms. The van der Waals surface area contributed by atoms with Gasteiger partial charge in [0, 0.05) is 49.9 Å². The zero-order chi connectivity index (χ0) is 46.5. The number of amides is 3. The van der Waals surface area contributed by atoms with Gasteiger partial charge in [0.15, 0.2) is 0 Å². The van der Waals surface area contributed by atoms with Gasteiger partial charge in [0.05, 0.1) is 24.3 Å². The van der Waals surface area contributed by atoms with Crippen LogP contribution < -0.4 is 20.5 Å². The molecule has 1 aliphatic rings. The lowest BCUT2D eigenvalue weighted by Crippen LogP contribution is -2.51. The smallest absolute Gasteiger partial charge is 0.411 e. The van der Waals surface area contributed by atoms with E-state index in [-0.39, 0.29) is 43.3 Å². The van der Waals surface area contributed by atoms with Crippen LogP contribution in [0, 0.1) is 0 Å². The van der Waals surface area contributed by atoms with Crippen LogP contribution in [0.4, 0.5) is 20.1 Å². The molecule has 0 saturated heterocycles. The van der Waals surface area contributed by atoms with E-state index in [2.05, 4.69) is 29.1 Å². The van der Waals surface area contributed by atoms with Crippen molar-refractivity contribution in [3.63, 3.8) is 0 Å². The van der Waals surface area contributed by atoms with Crippen LogP contribution in [-0.2, 0) is 54.1 Å². The van der Waals surface area contributed by atoms with Crippen LogP contribution in [0.1, 0.15) is 40.5 Å². The third kappa shape index (κ3) is 19.0. The van der Waals surface area contributed by atoms with Gasteiger partial charge in [-0.25, -0.2) is 24.0 Å². The highest BCUT2D eigenvalue weighted by atomic mass is 32.5. The van der Waals surface area contributed by atoms with Gasteiger partial charge in [-0.2, -0.15) is 0 Å². The monoisotopic (exact) mass is 959 g/mol. The highest BCUT2D eigenvalue weighted by Gasteiger charge is 2.41. The molecule has 3 unspecified atom stereocenters. The first-order valence-electron chi connectivity index (χ1n) is 20.2. The molecule has 1 saturated carbocycles. The molecule has 1 aliphatic carbocycles. The summed E-state index contributed by atoms with van der Waals surface area (Å²) in [5.41, 5.74) is 0.803. The van der Waals surface area contributed by atoms with Crippen molar-refractivity contribution in [2.45, 2.75) is 80.7 Å². The van der Waals surface area contributed by atoms with Crippen molar-refractivity contribution < 1.29 is 61.2 Å². The topological polar surface area (TPSA) is 195 Å². The maximum absolute atomic E-state index is 13.4. The number of rotatable bonds is 25. The molecule has 0 aliphatic heterocycles. The molecule has 0 aromatic heterocycles. The zero-order valence-corrected chi connectivity index (χ0v) is 39.4. The molecular formula is C44H54N3O13PS3. The number of carbonyl (C=O) groups is 5. The minimum Gasteiger partial charge on any atom is -0.459 e. The lowest BCUT2D eigenvalue weighted by molar-refractivity contribution is -0.140. The third-order valence-corrected chi connectivity index (χ3v) is 13.5. The molecule has 3 N–H and O–H groups in total. The summed E-state index contributed by atoms with van der Waals surface area (Å²) in [6.45, 7) is 9.11. The fourth-order valence-electron chi connectivity index (χ4n) is 5.16. The lowest BCUT2D eigenvalue weighted by Gasteiger charge is -2.39. The molecule has 5 atom stereocenters. The molecule has 1 fully saturated rings. The summed E-state index contributed by atoms with van der Waals surface area (Å²) in [6.07, 6.45) is -2.97. The van der Waals surface area contributed by atoms with Crippen molar-refractivity contribution in [3.8, 4) is 5.75 Å². The van der Waals surface area contributed by atoms with Gasteiger partial charge in [0.25, 0.3) is 0 Å². The Morgan fingerprint density at radius 2 is 1.23 bits per heavy atom. The van der Waals surface area contributed by atoms with E-state index < -0.39 is 67.3 Å². The fourth-order valence-corrected chi connectivity index (χ4v) is 9.83. The second-order valence-electron chi connectivity index (χ2n) is 14.3. The van der Waals surface area contributed by atoms with E-state index in [1.165, 1.54) is 26.0 Å². The number of hydrogen-bond acceptors (Lipinski definition) is 16. The van der Waals surface area contributed by atoms with Crippen molar-refractivity contribution in [1.29, 1.82) is 0 Å². The van der Waals surface area contributed by atoms with Crippen molar-refractivity contribution in [2.24, 2.45) is 0 Å². The van der Waals surface area contributed by atoms with E-state index in [1.807, 2.05) is 60.7 Å². The predicted molar refractivity (Wildman–Crippen MR) is 248 cm³/mol. The van der Waals surface area contributed by atoms with Gasteiger partial charge in [-0.15, -0.1) is 23.5 Å². The Morgan fingerprint density at radius 3 is 1.73 bits per heavy atom. The average molecular weight is 960 g/mol. The molecule has 0 bridgehead atoms. The number of alkyl carbamates (subject to hydrolysis) is 2. The fraction of sp³-hybridized carbons (Fsp3) is 0.386. The molecule has 0 heterocycles.